The molecule has 1 N–H and O–H groups in total. The third kappa shape index (κ3) is 8.03. The van der Waals surface area contributed by atoms with Gasteiger partial charge in [-0.1, -0.05) is 52.0 Å². The molecule has 1 aromatic heterocycles. The molecule has 0 radical (unpaired) electrons. The number of para-hydroxylation sites is 1. The summed E-state index contributed by atoms with van der Waals surface area (Å²) in [5.41, 5.74) is 0.181. The first-order valence-electron chi connectivity index (χ1n) is 16.2. The van der Waals surface area contributed by atoms with Crippen molar-refractivity contribution in [1.29, 1.82) is 0 Å². The molecule has 3 amide bonds. The third-order valence-corrected chi connectivity index (χ3v) is 8.73. The number of hydrogen-bond acceptors (Lipinski definition) is 7. The number of unbranched alkanes of at least 4 members (excludes halogenated alkanes) is 1. The van der Waals surface area contributed by atoms with Gasteiger partial charge in [-0.3, -0.25) is 9.59 Å². The predicted octanol–water partition coefficient (Wildman–Crippen LogP) is 4.12. The molecule has 3 heterocycles. The second-order valence-corrected chi connectivity index (χ2v) is 13.7. The molecule has 2 saturated heterocycles. The van der Waals surface area contributed by atoms with E-state index in [1.54, 1.807) is 35.1 Å². The predicted molar refractivity (Wildman–Crippen MR) is 169 cm³/mol. The number of halogens is 1. The van der Waals surface area contributed by atoms with Gasteiger partial charge in [-0.25, -0.2) is 13.9 Å². The summed E-state index contributed by atoms with van der Waals surface area (Å²) in [6.07, 6.45) is 0.928. The molecule has 2 aliphatic rings. The van der Waals surface area contributed by atoms with E-state index >= 15 is 0 Å². The Morgan fingerprint density at radius 2 is 1.85 bits per heavy atom. The van der Waals surface area contributed by atoms with Crippen LogP contribution in [-0.4, -0.2) is 118 Å². The molecule has 2 fully saturated rings. The summed E-state index contributed by atoms with van der Waals surface area (Å²) in [4.78, 5) is 46.1. The number of rotatable bonds is 11. The van der Waals surface area contributed by atoms with Crippen molar-refractivity contribution in [3.63, 3.8) is 0 Å². The van der Waals surface area contributed by atoms with E-state index in [0.717, 1.165) is 6.42 Å². The number of carbonyl (C=O) groups excluding carboxylic acids is 2. The highest BCUT2D eigenvalue weighted by Crippen LogP contribution is 2.38. The molecule has 0 spiro atoms. The smallest absolute Gasteiger partial charge is 0.407 e. The molecule has 12 nitrogen and oxygen atoms in total. The number of methoxy groups -OCH3 is 1. The van der Waals surface area contributed by atoms with Gasteiger partial charge in [0.25, 0.3) is 5.91 Å². The van der Waals surface area contributed by atoms with Crippen molar-refractivity contribution in [3.05, 3.63) is 41.5 Å². The lowest BCUT2D eigenvalue weighted by molar-refractivity contribution is -0.144. The number of aromatic nitrogens is 3. The summed E-state index contributed by atoms with van der Waals surface area (Å²) in [6.45, 7) is 12.5. The number of carbonyl (C=O) groups is 3. The molecule has 1 aromatic carbocycles. The van der Waals surface area contributed by atoms with Crippen LogP contribution in [0.2, 0.25) is 0 Å². The second-order valence-electron chi connectivity index (χ2n) is 13.7. The molecular weight excluding hydrogens is 595 g/mol. The van der Waals surface area contributed by atoms with Crippen LogP contribution in [0.25, 0.3) is 5.69 Å². The number of piperidine rings is 1. The fourth-order valence-corrected chi connectivity index (χ4v) is 6.76. The van der Waals surface area contributed by atoms with Crippen LogP contribution in [-0.2, 0) is 20.7 Å². The number of nitrogens with zero attached hydrogens (tertiary/aromatic N) is 6. The monoisotopic (exact) mass is 644 g/mol. The molecule has 4 rings (SSSR count). The highest BCUT2D eigenvalue weighted by molar-refractivity contribution is 5.94. The van der Waals surface area contributed by atoms with E-state index in [9.17, 15) is 23.9 Å². The highest BCUT2D eigenvalue weighted by Gasteiger charge is 2.50. The number of ether oxygens (including phenoxy) is 2. The summed E-state index contributed by atoms with van der Waals surface area (Å²) in [6, 6.07) is 4.97. The molecule has 0 bridgehead atoms. The van der Waals surface area contributed by atoms with Gasteiger partial charge in [0.1, 0.15) is 11.5 Å². The minimum Gasteiger partial charge on any atom is -0.465 e. The second kappa shape index (κ2) is 15.3. The summed E-state index contributed by atoms with van der Waals surface area (Å²) in [7, 11) is 1.62. The van der Waals surface area contributed by atoms with E-state index in [4.69, 9.17) is 9.47 Å². The van der Waals surface area contributed by atoms with Crippen molar-refractivity contribution >= 4 is 17.9 Å². The van der Waals surface area contributed by atoms with Crippen LogP contribution >= 0.6 is 0 Å². The molecule has 254 valence electrons. The molecule has 1 unspecified atom stereocenters. The van der Waals surface area contributed by atoms with Crippen LogP contribution in [0.1, 0.15) is 70.1 Å². The molecule has 13 heteroatoms. The van der Waals surface area contributed by atoms with Gasteiger partial charge in [0.2, 0.25) is 5.91 Å². The van der Waals surface area contributed by atoms with Crippen LogP contribution in [0.4, 0.5) is 9.18 Å². The lowest BCUT2D eigenvalue weighted by Gasteiger charge is -2.52. The summed E-state index contributed by atoms with van der Waals surface area (Å²) in [5, 5.41) is 19.1. The fourth-order valence-electron chi connectivity index (χ4n) is 6.76. The minimum atomic E-state index is -1.13. The van der Waals surface area contributed by atoms with Crippen molar-refractivity contribution in [2.75, 3.05) is 53.1 Å². The van der Waals surface area contributed by atoms with Gasteiger partial charge in [0.15, 0.2) is 5.69 Å². The van der Waals surface area contributed by atoms with E-state index in [1.165, 1.54) is 15.6 Å². The van der Waals surface area contributed by atoms with Crippen LogP contribution in [0.5, 0.6) is 0 Å². The van der Waals surface area contributed by atoms with Crippen molar-refractivity contribution < 1.29 is 33.4 Å². The Morgan fingerprint density at radius 1 is 1.15 bits per heavy atom. The Morgan fingerprint density at radius 3 is 2.46 bits per heavy atom. The number of hydrogen-bond donors (Lipinski definition) is 1. The SMILES string of the molecule is COCCCCc1c(C(=O)N(CC(C)C)[C@H]2C[C@@H](C(=O)N3CCOCC3)CN(C(=O)O)C2C(C)(C)C)nnn1-c1ccccc1F. The zero-order chi connectivity index (χ0) is 33.6. The Kier molecular flexibility index (Phi) is 11.8. The standard InChI is InChI=1S/C33H49FN6O6/c1-22(2)20-38(31(42)28-26(13-9-10-16-45-6)40(36-35-28)25-12-8-7-11-24(25)34)27-19-23(30(41)37-14-17-46-18-15-37)21-39(32(43)44)29(27)33(3,4)5/h7-8,11-12,22-23,27,29H,9-10,13-21H2,1-6H3,(H,43,44)/t23-,27+,29?/m1/s1. The Labute approximate surface area is 270 Å². The number of likely N-dealkylation sites (tertiary alicyclic amines) is 1. The van der Waals surface area contributed by atoms with Gasteiger partial charge in [0, 0.05) is 39.9 Å². The number of benzene rings is 1. The van der Waals surface area contributed by atoms with E-state index in [-0.39, 0.29) is 29.8 Å². The molecule has 0 aliphatic carbocycles. The van der Waals surface area contributed by atoms with Crippen molar-refractivity contribution in [2.24, 2.45) is 17.3 Å². The first-order chi connectivity index (χ1) is 21.8. The molecule has 2 aromatic rings. The molecular formula is C33H49FN6O6. The van der Waals surface area contributed by atoms with Gasteiger partial charge < -0.3 is 29.3 Å². The summed E-state index contributed by atoms with van der Waals surface area (Å²) in [5.74, 6) is -1.66. The average molecular weight is 645 g/mol. The van der Waals surface area contributed by atoms with Gasteiger partial charge in [0.05, 0.1) is 36.9 Å². The van der Waals surface area contributed by atoms with Crippen LogP contribution < -0.4 is 0 Å². The van der Waals surface area contributed by atoms with Crippen molar-refractivity contribution in [3.8, 4) is 5.69 Å². The quantitative estimate of drug-likeness (QED) is 0.362. The van der Waals surface area contributed by atoms with E-state index in [2.05, 4.69) is 10.3 Å². The maximum atomic E-state index is 15.0. The average Bonchev–Trinajstić information content (AvgIpc) is 3.44. The van der Waals surface area contributed by atoms with E-state index in [0.29, 0.717) is 64.4 Å². The number of carboxylic acid groups (broad SMARTS) is 1. The van der Waals surface area contributed by atoms with E-state index in [1.807, 2.05) is 34.6 Å². The summed E-state index contributed by atoms with van der Waals surface area (Å²) >= 11 is 0. The third-order valence-electron chi connectivity index (χ3n) is 8.73. The largest absolute Gasteiger partial charge is 0.465 e. The Hall–Kier alpha value is -3.58. The maximum Gasteiger partial charge on any atom is 0.407 e. The lowest BCUT2D eigenvalue weighted by atomic mass is 9.74. The molecule has 46 heavy (non-hydrogen) atoms. The van der Waals surface area contributed by atoms with Crippen LogP contribution in [0, 0.1) is 23.1 Å². The normalized spacial score (nSPS) is 20.7. The first-order valence-corrected chi connectivity index (χ1v) is 16.2. The summed E-state index contributed by atoms with van der Waals surface area (Å²) < 4.78 is 27.0. The van der Waals surface area contributed by atoms with Crippen LogP contribution in [0.3, 0.4) is 0 Å². The van der Waals surface area contributed by atoms with Gasteiger partial charge in [-0.2, -0.15) is 0 Å². The maximum absolute atomic E-state index is 15.0. The van der Waals surface area contributed by atoms with E-state index < -0.39 is 41.2 Å². The first kappa shape index (κ1) is 35.3. The topological polar surface area (TPSA) is 130 Å². The zero-order valence-electron chi connectivity index (χ0n) is 27.9. The van der Waals surface area contributed by atoms with Gasteiger partial charge in [-0.15, -0.1) is 5.10 Å². The highest BCUT2D eigenvalue weighted by atomic mass is 19.1. The molecule has 0 saturated carbocycles. The van der Waals surface area contributed by atoms with Crippen LogP contribution in [0.15, 0.2) is 24.3 Å². The number of morpholine rings is 1. The number of amides is 3. The fraction of sp³-hybridized carbons (Fsp3) is 0.667. The zero-order valence-corrected chi connectivity index (χ0v) is 27.9. The molecule has 2 aliphatic heterocycles. The lowest BCUT2D eigenvalue weighted by Crippen LogP contribution is -2.66. The minimum absolute atomic E-state index is 0.0185. The Bertz CT molecular complexity index is 1350. The Balaban J connectivity index is 1.80. The van der Waals surface area contributed by atoms with Gasteiger partial charge in [-0.05, 0) is 49.1 Å². The molecule has 3 atom stereocenters. The van der Waals surface area contributed by atoms with Crippen molar-refractivity contribution in [2.45, 2.75) is 72.4 Å². The van der Waals surface area contributed by atoms with Crippen molar-refractivity contribution in [1.82, 2.24) is 29.7 Å². The van der Waals surface area contributed by atoms with Gasteiger partial charge >= 0.3 is 6.09 Å².